The van der Waals surface area contributed by atoms with E-state index in [1.54, 1.807) is 18.2 Å². The normalized spacial score (nSPS) is 21.1. The molecule has 0 bridgehead atoms. The lowest BCUT2D eigenvalue weighted by atomic mass is 9.94. The number of pyridine rings is 1. The van der Waals surface area contributed by atoms with Gasteiger partial charge in [0.2, 0.25) is 0 Å². The molecule has 0 atom stereocenters. The van der Waals surface area contributed by atoms with Gasteiger partial charge in [-0.05, 0) is 44.5 Å². The van der Waals surface area contributed by atoms with Crippen molar-refractivity contribution in [2.24, 2.45) is 0 Å². The predicted octanol–water partition coefficient (Wildman–Crippen LogP) is 3.51. The largest absolute Gasteiger partial charge is 0.355 e. The van der Waals surface area contributed by atoms with Crippen LogP contribution < -0.4 is 5.43 Å². The van der Waals surface area contributed by atoms with Gasteiger partial charge in [-0.25, -0.2) is 4.39 Å². The number of aromatic amines is 1. The maximum Gasteiger partial charge on any atom is 0.189 e. The van der Waals surface area contributed by atoms with Gasteiger partial charge in [-0.2, -0.15) is 0 Å². The van der Waals surface area contributed by atoms with Crippen LogP contribution >= 0.6 is 0 Å². The van der Waals surface area contributed by atoms with Crippen LogP contribution in [0.3, 0.4) is 0 Å². The summed E-state index contributed by atoms with van der Waals surface area (Å²) >= 11 is 0. The fraction of sp³-hybridized carbons (Fsp3) is 0.571. The Morgan fingerprint density at radius 3 is 2.73 bits per heavy atom. The van der Waals surface area contributed by atoms with Crippen LogP contribution in [0.1, 0.15) is 44.2 Å². The zero-order valence-electron chi connectivity index (χ0n) is 15.3. The molecule has 1 aromatic carbocycles. The number of halogens is 1. The predicted molar refractivity (Wildman–Crippen MR) is 103 cm³/mol. The van der Waals surface area contributed by atoms with Gasteiger partial charge in [-0.3, -0.25) is 14.6 Å². The van der Waals surface area contributed by atoms with Crippen molar-refractivity contribution < 1.29 is 4.39 Å². The van der Waals surface area contributed by atoms with Crippen LogP contribution in [-0.4, -0.2) is 47.0 Å². The molecular weight excluding hydrogens is 329 g/mol. The molecule has 26 heavy (non-hydrogen) atoms. The summed E-state index contributed by atoms with van der Waals surface area (Å²) in [6, 6.07) is 7.05. The highest BCUT2D eigenvalue weighted by atomic mass is 19.1. The van der Waals surface area contributed by atoms with Gasteiger partial charge in [0, 0.05) is 42.8 Å². The third-order valence-corrected chi connectivity index (χ3v) is 5.98. The molecule has 1 aliphatic carbocycles. The molecule has 0 amide bonds. The third-order valence-electron chi connectivity index (χ3n) is 5.98. The van der Waals surface area contributed by atoms with Gasteiger partial charge in [-0.1, -0.05) is 25.3 Å². The number of rotatable bonds is 3. The first kappa shape index (κ1) is 17.7. The van der Waals surface area contributed by atoms with Crippen LogP contribution in [0.25, 0.3) is 10.9 Å². The Morgan fingerprint density at radius 1 is 1.04 bits per heavy atom. The van der Waals surface area contributed by atoms with Gasteiger partial charge in [0.1, 0.15) is 5.82 Å². The molecule has 2 aliphatic rings. The Morgan fingerprint density at radius 2 is 1.88 bits per heavy atom. The van der Waals surface area contributed by atoms with Gasteiger partial charge in [0.05, 0.1) is 5.52 Å². The molecule has 0 spiro atoms. The summed E-state index contributed by atoms with van der Waals surface area (Å²) in [5, 5.41) is 0.424. The first-order chi connectivity index (χ1) is 12.7. The number of H-pyrrole nitrogens is 1. The number of nitrogens with one attached hydrogen (secondary N) is 1. The van der Waals surface area contributed by atoms with Crippen molar-refractivity contribution in [2.75, 3.05) is 26.2 Å². The molecule has 2 aromatic rings. The second-order valence-corrected chi connectivity index (χ2v) is 7.78. The molecule has 4 nitrogen and oxygen atoms in total. The minimum atomic E-state index is -0.360. The minimum absolute atomic E-state index is 0.105. The molecule has 1 aliphatic heterocycles. The van der Waals surface area contributed by atoms with Gasteiger partial charge < -0.3 is 4.98 Å². The fourth-order valence-corrected chi connectivity index (χ4v) is 4.58. The standard InChI is InChI=1S/C21H28FN3O/c22-19-9-4-8-18-20(26)14-16(23-21(18)19)15-24-10-5-11-25(13-12-24)17-6-2-1-3-7-17/h4,8-9,14,17H,1-3,5-7,10-13,15H2,(H,23,26). The number of benzene rings is 1. The average Bonchev–Trinajstić information content (AvgIpc) is 2.89. The molecular formula is C21H28FN3O. The molecule has 2 fully saturated rings. The number of para-hydroxylation sites is 1. The number of hydrogen-bond donors (Lipinski definition) is 1. The van der Waals surface area contributed by atoms with E-state index in [0.717, 1.165) is 37.8 Å². The SMILES string of the molecule is O=c1cc(CN2CCCN(C3CCCCC3)CC2)[nH]c2c(F)cccc12. The Balaban J connectivity index is 1.45. The van der Waals surface area contributed by atoms with E-state index < -0.39 is 0 Å². The summed E-state index contributed by atoms with van der Waals surface area (Å²) in [4.78, 5) is 20.5. The van der Waals surface area contributed by atoms with Crippen LogP contribution in [0.2, 0.25) is 0 Å². The van der Waals surface area contributed by atoms with E-state index in [4.69, 9.17) is 0 Å². The first-order valence-electron chi connectivity index (χ1n) is 9.97. The van der Waals surface area contributed by atoms with Crippen molar-refractivity contribution in [3.05, 3.63) is 46.0 Å². The van der Waals surface area contributed by atoms with Crippen molar-refractivity contribution in [3.8, 4) is 0 Å². The average molecular weight is 357 g/mol. The van der Waals surface area contributed by atoms with E-state index >= 15 is 0 Å². The molecule has 0 unspecified atom stereocenters. The smallest absolute Gasteiger partial charge is 0.189 e. The Bertz CT molecular complexity index is 812. The molecule has 5 heteroatoms. The number of hydrogen-bond acceptors (Lipinski definition) is 3. The van der Waals surface area contributed by atoms with Gasteiger partial charge in [0.25, 0.3) is 0 Å². The lowest BCUT2D eigenvalue weighted by Crippen LogP contribution is -2.39. The van der Waals surface area contributed by atoms with Crippen LogP contribution in [0, 0.1) is 5.82 Å². The van der Waals surface area contributed by atoms with Crippen LogP contribution in [0.15, 0.2) is 29.1 Å². The fourth-order valence-electron chi connectivity index (χ4n) is 4.58. The molecule has 4 rings (SSSR count). The second-order valence-electron chi connectivity index (χ2n) is 7.78. The monoisotopic (exact) mass is 357 g/mol. The third kappa shape index (κ3) is 3.84. The van der Waals surface area contributed by atoms with Crippen molar-refractivity contribution in [1.29, 1.82) is 0 Å². The van der Waals surface area contributed by atoms with E-state index in [1.807, 2.05) is 0 Å². The highest BCUT2D eigenvalue weighted by Crippen LogP contribution is 2.23. The Kier molecular flexibility index (Phi) is 5.36. The van der Waals surface area contributed by atoms with Crippen molar-refractivity contribution in [3.63, 3.8) is 0 Å². The van der Waals surface area contributed by atoms with E-state index in [0.29, 0.717) is 17.4 Å². The topological polar surface area (TPSA) is 39.3 Å². The quantitative estimate of drug-likeness (QED) is 0.914. The summed E-state index contributed by atoms with van der Waals surface area (Å²) in [7, 11) is 0. The summed E-state index contributed by atoms with van der Waals surface area (Å²) in [5.41, 5.74) is 1.03. The molecule has 2 heterocycles. The summed E-state index contributed by atoms with van der Waals surface area (Å²) in [6.07, 6.45) is 7.98. The van der Waals surface area contributed by atoms with Crippen LogP contribution in [0.5, 0.6) is 0 Å². The highest BCUT2D eigenvalue weighted by Gasteiger charge is 2.23. The second kappa shape index (κ2) is 7.89. The van der Waals surface area contributed by atoms with E-state index in [9.17, 15) is 9.18 Å². The van der Waals surface area contributed by atoms with Crippen LogP contribution in [0.4, 0.5) is 4.39 Å². The van der Waals surface area contributed by atoms with E-state index in [-0.39, 0.29) is 11.2 Å². The van der Waals surface area contributed by atoms with Gasteiger partial charge in [0.15, 0.2) is 5.43 Å². The van der Waals surface area contributed by atoms with Crippen molar-refractivity contribution in [2.45, 2.75) is 51.1 Å². The van der Waals surface area contributed by atoms with Crippen molar-refractivity contribution >= 4 is 10.9 Å². The maximum atomic E-state index is 14.1. The number of aromatic nitrogens is 1. The van der Waals surface area contributed by atoms with Gasteiger partial charge in [-0.15, -0.1) is 0 Å². The maximum absolute atomic E-state index is 14.1. The first-order valence-corrected chi connectivity index (χ1v) is 9.97. The molecule has 1 saturated carbocycles. The van der Waals surface area contributed by atoms with E-state index in [1.165, 1.54) is 44.7 Å². The number of nitrogens with zero attached hydrogens (tertiary/aromatic N) is 2. The lowest BCUT2D eigenvalue weighted by molar-refractivity contribution is 0.158. The Labute approximate surface area is 154 Å². The molecule has 1 saturated heterocycles. The molecule has 140 valence electrons. The van der Waals surface area contributed by atoms with Crippen LogP contribution in [-0.2, 0) is 6.54 Å². The summed E-state index contributed by atoms with van der Waals surface area (Å²) < 4.78 is 14.1. The van der Waals surface area contributed by atoms with Crippen molar-refractivity contribution in [1.82, 2.24) is 14.8 Å². The zero-order chi connectivity index (χ0) is 17.9. The molecule has 1 N–H and O–H groups in total. The summed E-state index contributed by atoms with van der Waals surface area (Å²) in [6.45, 7) is 4.98. The highest BCUT2D eigenvalue weighted by molar-refractivity contribution is 5.78. The molecule has 0 radical (unpaired) electrons. The summed E-state index contributed by atoms with van der Waals surface area (Å²) in [5.74, 6) is -0.360. The van der Waals surface area contributed by atoms with E-state index in [2.05, 4.69) is 14.8 Å². The number of fused-ring (bicyclic) bond motifs is 1. The minimum Gasteiger partial charge on any atom is -0.355 e. The molecule has 1 aromatic heterocycles. The zero-order valence-corrected chi connectivity index (χ0v) is 15.3. The van der Waals surface area contributed by atoms with Gasteiger partial charge >= 0.3 is 0 Å². The lowest BCUT2D eigenvalue weighted by Gasteiger charge is -2.33. The Hall–Kier alpha value is -1.72.